The highest BCUT2D eigenvalue weighted by atomic mass is 16.6. The zero-order valence-electron chi connectivity index (χ0n) is 24.3. The highest BCUT2D eigenvalue weighted by molar-refractivity contribution is 5.41. The van der Waals surface area contributed by atoms with Crippen molar-refractivity contribution in [3.05, 3.63) is 120 Å². The SMILES string of the molecule is CCOc1ccccc1O[C@@H](c1ccccc1)[C@@H](O)CN.CCOc1ccccc1O[C@@H](c1ccccc1)[C@H]1CO1.N. The summed E-state index contributed by atoms with van der Waals surface area (Å²) >= 11 is 0. The van der Waals surface area contributed by atoms with Crippen LogP contribution in [0.2, 0.25) is 0 Å². The predicted molar refractivity (Wildman–Crippen MR) is 165 cm³/mol. The molecule has 1 aliphatic rings. The first-order valence-corrected chi connectivity index (χ1v) is 14.0. The Kier molecular flexibility index (Phi) is 13.1. The van der Waals surface area contributed by atoms with Crippen molar-refractivity contribution in [1.82, 2.24) is 6.15 Å². The molecule has 6 N–H and O–H groups in total. The average molecular weight is 575 g/mol. The molecule has 0 aromatic heterocycles. The highest BCUT2D eigenvalue weighted by Crippen LogP contribution is 2.36. The van der Waals surface area contributed by atoms with Crippen LogP contribution in [0.4, 0.5) is 0 Å². The number of para-hydroxylation sites is 4. The van der Waals surface area contributed by atoms with Gasteiger partial charge < -0.3 is 40.7 Å². The third kappa shape index (κ3) is 9.22. The van der Waals surface area contributed by atoms with Gasteiger partial charge in [0.2, 0.25) is 0 Å². The number of hydrogen-bond acceptors (Lipinski definition) is 8. The molecule has 0 unspecified atom stereocenters. The lowest BCUT2D eigenvalue weighted by Gasteiger charge is -2.24. The maximum Gasteiger partial charge on any atom is 0.162 e. The molecule has 224 valence electrons. The Hall–Kier alpha value is -4.08. The molecular formula is C34H42N2O6. The van der Waals surface area contributed by atoms with Crippen molar-refractivity contribution in [3.63, 3.8) is 0 Å². The van der Waals surface area contributed by atoms with E-state index in [0.29, 0.717) is 24.7 Å². The van der Waals surface area contributed by atoms with Crippen LogP contribution in [-0.4, -0.2) is 43.7 Å². The Labute approximate surface area is 248 Å². The summed E-state index contributed by atoms with van der Waals surface area (Å²) in [6.45, 7) is 5.93. The second-order valence-electron chi connectivity index (χ2n) is 9.33. The standard InChI is InChI=1S/C17H21NO3.C17H18O3.H3N/c1-2-20-15-10-6-7-11-16(15)21-17(14(19)12-18)13-8-4-3-5-9-13;1-2-18-14-10-6-7-11-15(14)20-17(16-12-19-16)13-8-4-3-5-9-13;/h3-11,14,17,19H,2,12,18H2,1H3;3-11,16-17H,2,12H2,1H3;1H3/t14-,17-;16-,17+;/m01./s1. The fourth-order valence-electron chi connectivity index (χ4n) is 4.28. The van der Waals surface area contributed by atoms with E-state index >= 15 is 0 Å². The van der Waals surface area contributed by atoms with Crippen molar-refractivity contribution >= 4 is 0 Å². The fourth-order valence-corrected chi connectivity index (χ4v) is 4.28. The number of benzene rings is 4. The van der Waals surface area contributed by atoms with Crippen LogP contribution in [0.3, 0.4) is 0 Å². The molecule has 0 saturated carbocycles. The van der Waals surface area contributed by atoms with Gasteiger partial charge in [0.15, 0.2) is 35.2 Å². The van der Waals surface area contributed by atoms with Crippen LogP contribution in [0.1, 0.15) is 37.2 Å². The van der Waals surface area contributed by atoms with Crippen LogP contribution in [0.25, 0.3) is 0 Å². The van der Waals surface area contributed by atoms with Crippen LogP contribution in [-0.2, 0) is 4.74 Å². The molecule has 4 aromatic carbocycles. The van der Waals surface area contributed by atoms with E-state index in [2.05, 4.69) is 12.1 Å². The van der Waals surface area contributed by atoms with E-state index in [1.165, 1.54) is 0 Å². The summed E-state index contributed by atoms with van der Waals surface area (Å²) in [6.07, 6.45) is -1.27. The van der Waals surface area contributed by atoms with Crippen LogP contribution in [0.5, 0.6) is 23.0 Å². The normalized spacial score (nSPS) is 15.5. The van der Waals surface area contributed by atoms with Gasteiger partial charge in [0.05, 0.1) is 19.8 Å². The smallest absolute Gasteiger partial charge is 0.162 e. The molecule has 8 nitrogen and oxygen atoms in total. The lowest BCUT2D eigenvalue weighted by atomic mass is 10.0. The second kappa shape index (κ2) is 17.0. The van der Waals surface area contributed by atoms with Gasteiger partial charge in [-0.3, -0.25) is 0 Å². The summed E-state index contributed by atoms with van der Waals surface area (Å²) in [5, 5.41) is 10.2. The Balaban J connectivity index is 0.000000225. The van der Waals surface area contributed by atoms with E-state index in [0.717, 1.165) is 29.2 Å². The fraction of sp³-hybridized carbons (Fsp3) is 0.294. The van der Waals surface area contributed by atoms with E-state index in [1.807, 2.05) is 111 Å². The van der Waals surface area contributed by atoms with Gasteiger partial charge in [-0.15, -0.1) is 0 Å². The molecule has 0 spiro atoms. The minimum Gasteiger partial charge on any atom is -0.490 e. The number of epoxide rings is 1. The maximum absolute atomic E-state index is 10.2. The van der Waals surface area contributed by atoms with Gasteiger partial charge in [0.1, 0.15) is 12.2 Å². The van der Waals surface area contributed by atoms with Gasteiger partial charge in [0.25, 0.3) is 0 Å². The third-order valence-corrected chi connectivity index (χ3v) is 6.35. The second-order valence-corrected chi connectivity index (χ2v) is 9.33. The van der Waals surface area contributed by atoms with Gasteiger partial charge in [0, 0.05) is 6.54 Å². The number of aliphatic hydroxyl groups excluding tert-OH is 1. The largest absolute Gasteiger partial charge is 0.490 e. The molecule has 4 aromatic rings. The van der Waals surface area contributed by atoms with E-state index < -0.39 is 12.2 Å². The molecule has 1 fully saturated rings. The molecule has 4 atom stereocenters. The van der Waals surface area contributed by atoms with Crippen molar-refractivity contribution in [2.75, 3.05) is 26.4 Å². The Bertz CT molecular complexity index is 1300. The molecule has 0 amide bonds. The minimum absolute atomic E-state index is 0. The minimum atomic E-state index is -0.790. The van der Waals surface area contributed by atoms with Crippen LogP contribution < -0.4 is 30.8 Å². The zero-order chi connectivity index (χ0) is 28.9. The molecule has 0 radical (unpaired) electrons. The summed E-state index contributed by atoms with van der Waals surface area (Å²) in [4.78, 5) is 0. The lowest BCUT2D eigenvalue weighted by molar-refractivity contribution is 0.0394. The summed E-state index contributed by atoms with van der Waals surface area (Å²) in [5.74, 6) is 2.79. The predicted octanol–water partition coefficient (Wildman–Crippen LogP) is 6.29. The number of nitrogens with two attached hydrogens (primary N) is 1. The summed E-state index contributed by atoms with van der Waals surface area (Å²) in [7, 11) is 0. The maximum atomic E-state index is 10.2. The number of aliphatic hydroxyl groups is 1. The first-order valence-electron chi connectivity index (χ1n) is 14.0. The van der Waals surface area contributed by atoms with E-state index in [1.54, 1.807) is 0 Å². The van der Waals surface area contributed by atoms with Crippen LogP contribution in [0.15, 0.2) is 109 Å². The highest BCUT2D eigenvalue weighted by Gasteiger charge is 2.36. The first kappa shape index (κ1) is 32.4. The Morgan fingerprint density at radius 1 is 0.690 bits per heavy atom. The molecule has 1 heterocycles. The van der Waals surface area contributed by atoms with Crippen molar-refractivity contribution in [3.8, 4) is 23.0 Å². The average Bonchev–Trinajstić information content (AvgIpc) is 3.87. The third-order valence-electron chi connectivity index (χ3n) is 6.35. The van der Waals surface area contributed by atoms with Gasteiger partial charge in [-0.05, 0) is 49.2 Å². The monoisotopic (exact) mass is 574 g/mol. The van der Waals surface area contributed by atoms with Gasteiger partial charge >= 0.3 is 0 Å². The molecule has 8 heteroatoms. The van der Waals surface area contributed by atoms with E-state index in [4.69, 9.17) is 29.4 Å². The molecule has 1 aliphatic heterocycles. The number of rotatable bonds is 13. The summed E-state index contributed by atoms with van der Waals surface area (Å²) < 4.78 is 28.7. The number of hydrogen-bond donors (Lipinski definition) is 3. The molecule has 5 rings (SSSR count). The van der Waals surface area contributed by atoms with E-state index in [9.17, 15) is 5.11 Å². The molecule has 0 bridgehead atoms. The molecule has 0 aliphatic carbocycles. The van der Waals surface area contributed by atoms with E-state index in [-0.39, 0.29) is 24.9 Å². The van der Waals surface area contributed by atoms with Crippen molar-refractivity contribution in [2.24, 2.45) is 5.73 Å². The molecule has 42 heavy (non-hydrogen) atoms. The van der Waals surface area contributed by atoms with Crippen molar-refractivity contribution in [1.29, 1.82) is 0 Å². The van der Waals surface area contributed by atoms with Crippen LogP contribution in [0, 0.1) is 0 Å². The van der Waals surface area contributed by atoms with Gasteiger partial charge in [-0.1, -0.05) is 84.9 Å². The molecule has 1 saturated heterocycles. The lowest BCUT2D eigenvalue weighted by Crippen LogP contribution is -2.31. The first-order chi connectivity index (χ1) is 20.1. The summed E-state index contributed by atoms with van der Waals surface area (Å²) in [5.41, 5.74) is 7.60. The zero-order valence-corrected chi connectivity index (χ0v) is 24.3. The number of ether oxygens (including phenoxy) is 5. The Morgan fingerprint density at radius 2 is 1.12 bits per heavy atom. The van der Waals surface area contributed by atoms with Crippen molar-refractivity contribution < 1.29 is 28.8 Å². The summed E-state index contributed by atoms with van der Waals surface area (Å²) in [6, 6.07) is 34.9. The molecular weight excluding hydrogens is 532 g/mol. The van der Waals surface area contributed by atoms with Crippen molar-refractivity contribution in [2.45, 2.75) is 38.3 Å². The quantitative estimate of drug-likeness (QED) is 0.159. The van der Waals surface area contributed by atoms with Gasteiger partial charge in [-0.2, -0.15) is 0 Å². The topological polar surface area (TPSA) is 131 Å². The van der Waals surface area contributed by atoms with Crippen LogP contribution >= 0.6 is 0 Å². The Morgan fingerprint density at radius 3 is 1.57 bits per heavy atom. The van der Waals surface area contributed by atoms with Gasteiger partial charge in [-0.25, -0.2) is 0 Å².